The summed E-state index contributed by atoms with van der Waals surface area (Å²) >= 11 is 5.96. The molecule has 2 aliphatic rings. The van der Waals surface area contributed by atoms with Crippen LogP contribution in [0.15, 0.2) is 41.2 Å². The van der Waals surface area contributed by atoms with Crippen molar-refractivity contribution in [3.8, 4) is 0 Å². The Morgan fingerprint density at radius 1 is 1.21 bits per heavy atom. The van der Waals surface area contributed by atoms with Gasteiger partial charge in [-0.05, 0) is 69.4 Å². The fourth-order valence-corrected chi connectivity index (χ4v) is 4.90. The van der Waals surface area contributed by atoms with Gasteiger partial charge in [0.1, 0.15) is 5.56 Å². The minimum Gasteiger partial charge on any atom is -0.385 e. The van der Waals surface area contributed by atoms with Crippen LogP contribution in [0, 0.1) is 0 Å². The lowest BCUT2D eigenvalue weighted by atomic mass is 9.84. The van der Waals surface area contributed by atoms with E-state index in [1.165, 1.54) is 0 Å². The van der Waals surface area contributed by atoms with E-state index in [-0.39, 0.29) is 28.7 Å². The smallest absolute Gasteiger partial charge is 0.261 e. The molecule has 0 saturated carbocycles. The molecule has 2 fully saturated rings. The van der Waals surface area contributed by atoms with Gasteiger partial charge in [0, 0.05) is 43.0 Å². The fraction of sp³-hybridized carbons (Fsp3) is 0.520. The summed E-state index contributed by atoms with van der Waals surface area (Å²) < 4.78 is 5.69. The molecular weight excluding hydrogens is 442 g/mol. The molecule has 1 atom stereocenters. The fourth-order valence-electron chi connectivity index (χ4n) is 4.77. The standard InChI is InChI=1S/C25H32ClN3O4/c1-24(2)15-19(9-14-33-24)27-22(30)21-8-7-20(28-23(21)31)16-29-12-10-25(32,11-13-29)17-3-5-18(26)6-4-17/h3-8,19,32H,9-16H2,1-2H3,(H,27,30)(H,28,31). The lowest BCUT2D eigenvalue weighted by molar-refractivity contribution is -0.0615. The molecule has 3 N–H and O–H groups in total. The highest BCUT2D eigenvalue weighted by atomic mass is 35.5. The largest absolute Gasteiger partial charge is 0.385 e. The van der Waals surface area contributed by atoms with Gasteiger partial charge in [0.25, 0.3) is 11.5 Å². The molecule has 2 aliphatic heterocycles. The first kappa shape index (κ1) is 24.0. The zero-order valence-electron chi connectivity index (χ0n) is 19.2. The summed E-state index contributed by atoms with van der Waals surface area (Å²) in [5.74, 6) is -0.350. The second kappa shape index (κ2) is 9.58. The van der Waals surface area contributed by atoms with Crippen molar-refractivity contribution in [3.05, 3.63) is 68.6 Å². The Morgan fingerprint density at radius 3 is 2.55 bits per heavy atom. The third-order valence-corrected chi connectivity index (χ3v) is 6.96. The van der Waals surface area contributed by atoms with Crippen molar-refractivity contribution in [2.75, 3.05) is 19.7 Å². The van der Waals surface area contributed by atoms with Gasteiger partial charge in [0.15, 0.2) is 0 Å². The average Bonchev–Trinajstić information content (AvgIpc) is 2.75. The SMILES string of the molecule is CC1(C)CC(NC(=O)c2ccc(CN3CCC(O)(c4ccc(Cl)cc4)CC3)[nH]c2=O)CCO1. The van der Waals surface area contributed by atoms with E-state index < -0.39 is 5.60 Å². The number of aromatic nitrogens is 1. The number of piperidine rings is 1. The minimum atomic E-state index is -0.866. The van der Waals surface area contributed by atoms with Crippen LogP contribution < -0.4 is 10.9 Å². The Labute approximate surface area is 199 Å². The van der Waals surface area contributed by atoms with E-state index in [4.69, 9.17) is 16.3 Å². The highest BCUT2D eigenvalue weighted by Crippen LogP contribution is 2.33. The van der Waals surface area contributed by atoms with Crippen molar-refractivity contribution < 1.29 is 14.6 Å². The summed E-state index contributed by atoms with van der Waals surface area (Å²) in [6.45, 7) is 6.55. The predicted molar refractivity (Wildman–Crippen MR) is 127 cm³/mol. The second-order valence-electron chi connectivity index (χ2n) is 9.81. The molecule has 178 valence electrons. The van der Waals surface area contributed by atoms with Crippen LogP contribution in [0.3, 0.4) is 0 Å². The van der Waals surface area contributed by atoms with Crippen molar-refractivity contribution >= 4 is 17.5 Å². The molecule has 1 amide bonds. The molecule has 8 heteroatoms. The molecule has 7 nitrogen and oxygen atoms in total. The number of hydrogen-bond donors (Lipinski definition) is 3. The number of H-pyrrole nitrogens is 1. The van der Waals surface area contributed by atoms with Gasteiger partial charge in [-0.25, -0.2) is 0 Å². The molecule has 1 aromatic carbocycles. The molecule has 0 aliphatic carbocycles. The van der Waals surface area contributed by atoms with Gasteiger partial charge < -0.3 is 20.1 Å². The van der Waals surface area contributed by atoms with Gasteiger partial charge in [-0.15, -0.1) is 0 Å². The van der Waals surface area contributed by atoms with Gasteiger partial charge >= 0.3 is 0 Å². The maximum atomic E-state index is 12.7. The Kier molecular flexibility index (Phi) is 6.96. The van der Waals surface area contributed by atoms with Gasteiger partial charge in [-0.3, -0.25) is 14.5 Å². The van der Waals surface area contributed by atoms with E-state index in [2.05, 4.69) is 15.2 Å². The van der Waals surface area contributed by atoms with E-state index >= 15 is 0 Å². The molecule has 0 spiro atoms. The number of nitrogens with zero attached hydrogens (tertiary/aromatic N) is 1. The molecule has 0 bridgehead atoms. The van der Waals surface area contributed by atoms with E-state index in [0.29, 0.717) is 50.5 Å². The van der Waals surface area contributed by atoms with Gasteiger partial charge in [0.2, 0.25) is 0 Å². The summed E-state index contributed by atoms with van der Waals surface area (Å²) in [7, 11) is 0. The van der Waals surface area contributed by atoms with Crippen LogP contribution in [0.1, 0.15) is 61.1 Å². The number of halogens is 1. The van der Waals surface area contributed by atoms with Crippen LogP contribution in [-0.4, -0.2) is 52.2 Å². The highest BCUT2D eigenvalue weighted by molar-refractivity contribution is 6.30. The predicted octanol–water partition coefficient (Wildman–Crippen LogP) is 3.20. The van der Waals surface area contributed by atoms with E-state index in [0.717, 1.165) is 17.7 Å². The van der Waals surface area contributed by atoms with Crippen LogP contribution in [0.4, 0.5) is 0 Å². The van der Waals surface area contributed by atoms with E-state index in [1.807, 2.05) is 26.0 Å². The number of rotatable bonds is 5. The van der Waals surface area contributed by atoms with Crippen molar-refractivity contribution in [2.24, 2.45) is 0 Å². The monoisotopic (exact) mass is 473 g/mol. The normalized spacial score (nSPS) is 22.6. The number of aliphatic hydroxyl groups is 1. The zero-order valence-corrected chi connectivity index (χ0v) is 20.0. The molecular formula is C25H32ClN3O4. The van der Waals surface area contributed by atoms with Crippen LogP contribution in [-0.2, 0) is 16.9 Å². The molecule has 2 saturated heterocycles. The molecule has 0 radical (unpaired) electrons. The lowest BCUT2D eigenvalue weighted by Gasteiger charge is -2.38. The van der Waals surface area contributed by atoms with Crippen molar-refractivity contribution in [1.29, 1.82) is 0 Å². The first-order valence-corrected chi connectivity index (χ1v) is 11.9. The second-order valence-corrected chi connectivity index (χ2v) is 10.2. The van der Waals surface area contributed by atoms with Crippen LogP contribution in [0.5, 0.6) is 0 Å². The molecule has 1 aromatic heterocycles. The average molecular weight is 474 g/mol. The zero-order chi connectivity index (χ0) is 23.6. The first-order valence-electron chi connectivity index (χ1n) is 11.5. The Morgan fingerprint density at radius 2 is 1.91 bits per heavy atom. The number of pyridine rings is 1. The highest BCUT2D eigenvalue weighted by Gasteiger charge is 2.34. The quantitative estimate of drug-likeness (QED) is 0.620. The topological polar surface area (TPSA) is 94.7 Å². The van der Waals surface area contributed by atoms with Gasteiger partial charge in [-0.2, -0.15) is 0 Å². The number of carbonyl (C=O) groups excluding carboxylic acids is 1. The summed E-state index contributed by atoms with van der Waals surface area (Å²) in [6, 6.07) is 10.7. The van der Waals surface area contributed by atoms with Gasteiger partial charge in [-0.1, -0.05) is 23.7 Å². The number of nitrogens with one attached hydrogen (secondary N) is 2. The van der Waals surface area contributed by atoms with Gasteiger partial charge in [0.05, 0.1) is 11.2 Å². The van der Waals surface area contributed by atoms with Crippen molar-refractivity contribution in [3.63, 3.8) is 0 Å². The lowest BCUT2D eigenvalue weighted by Crippen LogP contribution is -2.46. The third-order valence-electron chi connectivity index (χ3n) is 6.71. The molecule has 1 unspecified atom stereocenters. The third kappa shape index (κ3) is 5.84. The number of ether oxygens (including phenoxy) is 1. The Hall–Kier alpha value is -2.19. The van der Waals surface area contributed by atoms with Crippen LogP contribution in [0.25, 0.3) is 0 Å². The van der Waals surface area contributed by atoms with Crippen molar-refractivity contribution in [2.45, 2.75) is 63.3 Å². The summed E-state index contributed by atoms with van der Waals surface area (Å²) in [5.41, 5.74) is 0.226. The van der Waals surface area contributed by atoms with E-state index in [9.17, 15) is 14.7 Å². The number of hydrogen-bond acceptors (Lipinski definition) is 5. The minimum absolute atomic E-state index is 0.00642. The summed E-state index contributed by atoms with van der Waals surface area (Å²) in [6.07, 6.45) is 2.65. The van der Waals surface area contributed by atoms with Crippen LogP contribution in [0.2, 0.25) is 5.02 Å². The maximum Gasteiger partial charge on any atom is 0.261 e. The number of amides is 1. The number of carbonyl (C=O) groups is 1. The van der Waals surface area contributed by atoms with E-state index in [1.54, 1.807) is 24.3 Å². The number of likely N-dealkylation sites (tertiary alicyclic amines) is 1. The molecule has 4 rings (SSSR count). The van der Waals surface area contributed by atoms with Crippen LogP contribution >= 0.6 is 11.6 Å². The maximum absolute atomic E-state index is 12.7. The molecule has 2 aromatic rings. The number of benzene rings is 1. The Bertz CT molecular complexity index is 1040. The summed E-state index contributed by atoms with van der Waals surface area (Å²) in [5, 5.41) is 14.7. The van der Waals surface area contributed by atoms with Crippen molar-refractivity contribution in [1.82, 2.24) is 15.2 Å². The molecule has 3 heterocycles. The summed E-state index contributed by atoms with van der Waals surface area (Å²) in [4.78, 5) is 30.3. The number of aromatic amines is 1. The Balaban J connectivity index is 1.34. The molecule has 33 heavy (non-hydrogen) atoms. The first-order chi connectivity index (χ1) is 15.6.